The van der Waals surface area contributed by atoms with Gasteiger partial charge in [-0.15, -0.1) is 0 Å². The molecule has 2 rings (SSSR count). The summed E-state index contributed by atoms with van der Waals surface area (Å²) in [6.45, 7) is 4.21. The molecule has 1 amide bonds. The lowest BCUT2D eigenvalue weighted by Gasteiger charge is -2.09. The number of carbonyl (C=O) groups excluding carboxylic acids is 1. The molecule has 0 aromatic heterocycles. The van der Waals surface area contributed by atoms with E-state index in [4.69, 9.17) is 9.47 Å². The lowest BCUT2D eigenvalue weighted by atomic mass is 10.2. The summed E-state index contributed by atoms with van der Waals surface area (Å²) in [6.07, 6.45) is 0.109. The molecule has 0 aliphatic carbocycles. The SMILES string of the molecule is COc1ccc(C#CCNC(=O)c2ccc(OC(C)C)cc2)cc1. The van der Waals surface area contributed by atoms with Gasteiger partial charge in [0.05, 0.1) is 19.8 Å². The molecule has 0 fully saturated rings. The van der Waals surface area contributed by atoms with Crippen molar-refractivity contribution in [3.8, 4) is 23.3 Å². The fourth-order valence-corrected chi connectivity index (χ4v) is 2.00. The van der Waals surface area contributed by atoms with Crippen LogP contribution in [-0.2, 0) is 0 Å². The number of hydrogen-bond donors (Lipinski definition) is 1. The Morgan fingerprint density at radius 2 is 1.67 bits per heavy atom. The van der Waals surface area contributed by atoms with Crippen molar-refractivity contribution < 1.29 is 14.3 Å². The molecule has 0 saturated heterocycles. The Kier molecular flexibility index (Phi) is 6.27. The van der Waals surface area contributed by atoms with E-state index < -0.39 is 0 Å². The van der Waals surface area contributed by atoms with Crippen LogP contribution in [0.2, 0.25) is 0 Å². The summed E-state index contributed by atoms with van der Waals surface area (Å²) in [5.74, 6) is 7.31. The molecule has 0 aliphatic rings. The third kappa shape index (κ3) is 5.36. The van der Waals surface area contributed by atoms with Gasteiger partial charge in [-0.05, 0) is 62.4 Å². The van der Waals surface area contributed by atoms with E-state index in [9.17, 15) is 4.79 Å². The molecular weight excluding hydrogens is 302 g/mol. The maximum Gasteiger partial charge on any atom is 0.252 e. The zero-order valence-electron chi connectivity index (χ0n) is 14.1. The summed E-state index contributed by atoms with van der Waals surface area (Å²) in [5, 5.41) is 2.77. The zero-order valence-corrected chi connectivity index (χ0v) is 14.1. The monoisotopic (exact) mass is 323 g/mol. The zero-order chi connectivity index (χ0) is 17.4. The van der Waals surface area contributed by atoms with Gasteiger partial charge < -0.3 is 14.8 Å². The molecule has 0 saturated carbocycles. The van der Waals surface area contributed by atoms with Gasteiger partial charge >= 0.3 is 0 Å². The summed E-state index contributed by atoms with van der Waals surface area (Å²) >= 11 is 0. The quantitative estimate of drug-likeness (QED) is 0.859. The van der Waals surface area contributed by atoms with Gasteiger partial charge in [-0.3, -0.25) is 4.79 Å². The largest absolute Gasteiger partial charge is 0.497 e. The predicted molar refractivity (Wildman–Crippen MR) is 94.4 cm³/mol. The Morgan fingerprint density at radius 3 is 2.25 bits per heavy atom. The van der Waals surface area contributed by atoms with Crippen LogP contribution in [0.1, 0.15) is 29.8 Å². The highest BCUT2D eigenvalue weighted by Crippen LogP contribution is 2.13. The van der Waals surface area contributed by atoms with Crippen molar-refractivity contribution in [2.75, 3.05) is 13.7 Å². The predicted octanol–water partition coefficient (Wildman–Crippen LogP) is 3.26. The van der Waals surface area contributed by atoms with E-state index in [-0.39, 0.29) is 18.6 Å². The number of carbonyl (C=O) groups is 1. The molecule has 4 heteroatoms. The van der Waals surface area contributed by atoms with Crippen LogP contribution >= 0.6 is 0 Å². The molecular formula is C20H21NO3. The molecule has 124 valence electrons. The van der Waals surface area contributed by atoms with Crippen molar-refractivity contribution in [3.05, 3.63) is 59.7 Å². The van der Waals surface area contributed by atoms with E-state index in [1.54, 1.807) is 31.4 Å². The number of benzene rings is 2. The lowest BCUT2D eigenvalue weighted by molar-refractivity contribution is 0.0958. The minimum absolute atomic E-state index is 0.109. The van der Waals surface area contributed by atoms with Crippen LogP contribution in [-0.4, -0.2) is 25.7 Å². The summed E-state index contributed by atoms with van der Waals surface area (Å²) in [7, 11) is 1.62. The normalized spacial score (nSPS) is 9.83. The topological polar surface area (TPSA) is 47.6 Å². The number of hydrogen-bond acceptors (Lipinski definition) is 3. The number of ether oxygens (including phenoxy) is 2. The van der Waals surface area contributed by atoms with Crippen molar-refractivity contribution in [1.82, 2.24) is 5.32 Å². The molecule has 0 spiro atoms. The Bertz CT molecular complexity index is 722. The van der Waals surface area contributed by atoms with Crippen molar-refractivity contribution >= 4 is 5.91 Å². The van der Waals surface area contributed by atoms with Crippen LogP contribution in [0.4, 0.5) is 0 Å². The molecule has 2 aromatic rings. The lowest BCUT2D eigenvalue weighted by Crippen LogP contribution is -2.23. The Balaban J connectivity index is 1.85. The van der Waals surface area contributed by atoms with Crippen molar-refractivity contribution in [2.24, 2.45) is 0 Å². The molecule has 0 atom stereocenters. The molecule has 4 nitrogen and oxygen atoms in total. The first-order valence-electron chi connectivity index (χ1n) is 7.76. The average molecular weight is 323 g/mol. The van der Waals surface area contributed by atoms with E-state index in [0.717, 1.165) is 17.1 Å². The molecule has 2 aromatic carbocycles. The second-order valence-corrected chi connectivity index (χ2v) is 5.40. The first-order chi connectivity index (χ1) is 11.6. The van der Waals surface area contributed by atoms with Gasteiger partial charge in [-0.1, -0.05) is 11.8 Å². The third-order valence-electron chi connectivity index (χ3n) is 3.15. The smallest absolute Gasteiger partial charge is 0.252 e. The molecule has 0 radical (unpaired) electrons. The third-order valence-corrected chi connectivity index (χ3v) is 3.15. The van der Waals surface area contributed by atoms with E-state index >= 15 is 0 Å². The molecule has 0 unspecified atom stereocenters. The van der Waals surface area contributed by atoms with Crippen LogP contribution in [0.3, 0.4) is 0 Å². The Morgan fingerprint density at radius 1 is 1.04 bits per heavy atom. The number of rotatable bonds is 5. The second kappa shape index (κ2) is 8.64. The minimum Gasteiger partial charge on any atom is -0.497 e. The van der Waals surface area contributed by atoms with Gasteiger partial charge in [0.15, 0.2) is 0 Å². The summed E-state index contributed by atoms with van der Waals surface area (Å²) < 4.78 is 10.6. The summed E-state index contributed by atoms with van der Waals surface area (Å²) in [5.41, 5.74) is 1.46. The molecule has 0 aliphatic heterocycles. The van der Waals surface area contributed by atoms with Gasteiger partial charge in [0.2, 0.25) is 0 Å². The van der Waals surface area contributed by atoms with E-state index in [2.05, 4.69) is 17.2 Å². The second-order valence-electron chi connectivity index (χ2n) is 5.40. The van der Waals surface area contributed by atoms with E-state index in [1.807, 2.05) is 38.1 Å². The highest BCUT2D eigenvalue weighted by atomic mass is 16.5. The van der Waals surface area contributed by atoms with Gasteiger partial charge in [0.25, 0.3) is 5.91 Å². The summed E-state index contributed by atoms with van der Waals surface area (Å²) in [4.78, 5) is 12.0. The first-order valence-corrected chi connectivity index (χ1v) is 7.76. The number of methoxy groups -OCH3 is 1. The van der Waals surface area contributed by atoms with Gasteiger partial charge in [0, 0.05) is 11.1 Å². The fourth-order valence-electron chi connectivity index (χ4n) is 2.00. The number of amides is 1. The first kappa shape index (κ1) is 17.4. The van der Waals surface area contributed by atoms with Crippen LogP contribution in [0, 0.1) is 11.8 Å². The van der Waals surface area contributed by atoms with E-state index in [1.165, 1.54) is 0 Å². The molecule has 24 heavy (non-hydrogen) atoms. The fraction of sp³-hybridized carbons (Fsp3) is 0.250. The highest BCUT2D eigenvalue weighted by molar-refractivity contribution is 5.94. The van der Waals surface area contributed by atoms with Crippen molar-refractivity contribution in [2.45, 2.75) is 20.0 Å². The molecule has 1 N–H and O–H groups in total. The van der Waals surface area contributed by atoms with Crippen LogP contribution in [0.15, 0.2) is 48.5 Å². The minimum atomic E-state index is -0.157. The standard InChI is InChI=1S/C20H21NO3/c1-15(2)24-19-12-8-17(9-13-19)20(22)21-14-4-5-16-6-10-18(23-3)11-7-16/h6-13,15H,14H2,1-3H3,(H,21,22). The number of nitrogens with one attached hydrogen (secondary N) is 1. The average Bonchev–Trinajstić information content (AvgIpc) is 2.59. The van der Waals surface area contributed by atoms with Gasteiger partial charge in [-0.25, -0.2) is 0 Å². The van der Waals surface area contributed by atoms with E-state index in [0.29, 0.717) is 5.56 Å². The molecule has 0 bridgehead atoms. The van der Waals surface area contributed by atoms with Gasteiger partial charge in [0.1, 0.15) is 11.5 Å². The highest BCUT2D eigenvalue weighted by Gasteiger charge is 2.04. The Hall–Kier alpha value is -2.93. The van der Waals surface area contributed by atoms with Crippen LogP contribution in [0.25, 0.3) is 0 Å². The van der Waals surface area contributed by atoms with Crippen LogP contribution < -0.4 is 14.8 Å². The maximum absolute atomic E-state index is 12.0. The van der Waals surface area contributed by atoms with Gasteiger partial charge in [-0.2, -0.15) is 0 Å². The molecule has 0 heterocycles. The van der Waals surface area contributed by atoms with Crippen LogP contribution in [0.5, 0.6) is 11.5 Å². The maximum atomic E-state index is 12.0. The Labute approximate surface area is 142 Å². The van der Waals surface area contributed by atoms with Crippen molar-refractivity contribution in [3.63, 3.8) is 0 Å². The van der Waals surface area contributed by atoms with Crippen molar-refractivity contribution in [1.29, 1.82) is 0 Å². The summed E-state index contributed by atoms with van der Waals surface area (Å²) in [6, 6.07) is 14.5.